The van der Waals surface area contributed by atoms with Crippen LogP contribution in [0.1, 0.15) is 15.9 Å². The van der Waals surface area contributed by atoms with E-state index in [2.05, 4.69) is 20.7 Å². The van der Waals surface area contributed by atoms with Gasteiger partial charge in [-0.25, -0.2) is 10.1 Å². The Kier molecular flexibility index (Phi) is 6.69. The van der Waals surface area contributed by atoms with Crippen LogP contribution in [0.15, 0.2) is 58.8 Å². The second-order valence-electron chi connectivity index (χ2n) is 5.73. The second-order valence-corrected chi connectivity index (χ2v) is 6.67. The number of aromatic nitrogens is 3. The zero-order valence-electron chi connectivity index (χ0n) is 15.9. The van der Waals surface area contributed by atoms with Crippen molar-refractivity contribution in [3.63, 3.8) is 0 Å². The van der Waals surface area contributed by atoms with E-state index in [1.165, 1.54) is 16.4 Å². The summed E-state index contributed by atoms with van der Waals surface area (Å²) < 4.78 is 11.6. The number of carbonyl (C=O) groups is 1. The molecule has 150 valence electrons. The van der Waals surface area contributed by atoms with Crippen molar-refractivity contribution in [2.24, 2.45) is 5.10 Å². The van der Waals surface area contributed by atoms with Gasteiger partial charge >= 0.3 is 0 Å². The van der Waals surface area contributed by atoms with Crippen molar-refractivity contribution in [3.05, 3.63) is 59.7 Å². The Labute approximate surface area is 171 Å². The number of hydrazone groups is 1. The quantitative estimate of drug-likeness (QED) is 0.181. The molecule has 0 unspecified atom stereocenters. The topological polar surface area (TPSA) is 117 Å². The summed E-state index contributed by atoms with van der Waals surface area (Å²) in [6.07, 6.45) is 1.59. The molecule has 0 saturated carbocycles. The molecule has 0 spiro atoms. The third-order valence-corrected chi connectivity index (χ3v) is 4.84. The van der Waals surface area contributed by atoms with Crippen molar-refractivity contribution in [1.29, 1.82) is 0 Å². The largest absolute Gasteiger partial charge is 0.497 e. The fourth-order valence-electron chi connectivity index (χ4n) is 2.39. The highest BCUT2D eigenvalue weighted by atomic mass is 32.2. The molecule has 0 amide bonds. The normalized spacial score (nSPS) is 10.8. The van der Waals surface area contributed by atoms with Gasteiger partial charge in [-0.05, 0) is 24.3 Å². The summed E-state index contributed by atoms with van der Waals surface area (Å²) >= 11 is 1.18. The highest BCUT2D eigenvalue weighted by molar-refractivity contribution is 7.99. The van der Waals surface area contributed by atoms with Crippen LogP contribution in [0.3, 0.4) is 0 Å². The fraction of sp³-hybridized carbons (Fsp3) is 0.158. The van der Waals surface area contributed by atoms with Gasteiger partial charge in [0.1, 0.15) is 11.5 Å². The van der Waals surface area contributed by atoms with Gasteiger partial charge in [-0.15, -0.1) is 10.2 Å². The Morgan fingerprint density at radius 1 is 1.21 bits per heavy atom. The SMILES string of the molecule is COc1cccc(C(=O)CSc2nnc(N/N=C/c3ccccc3OC)n2N)c1. The molecule has 0 aliphatic heterocycles. The lowest BCUT2D eigenvalue weighted by atomic mass is 10.1. The second kappa shape index (κ2) is 9.60. The smallest absolute Gasteiger partial charge is 0.264 e. The molecule has 0 bridgehead atoms. The Morgan fingerprint density at radius 3 is 2.83 bits per heavy atom. The summed E-state index contributed by atoms with van der Waals surface area (Å²) in [5.74, 6) is 7.64. The first-order valence-corrected chi connectivity index (χ1v) is 9.53. The molecule has 9 nitrogen and oxygen atoms in total. The Hall–Kier alpha value is -3.53. The highest BCUT2D eigenvalue weighted by Gasteiger charge is 2.13. The minimum absolute atomic E-state index is 0.0689. The standard InChI is InChI=1S/C19H20N6O3S/c1-27-15-8-5-7-13(10-15)16(26)12-29-19-24-23-18(25(19)20)22-21-11-14-6-3-4-9-17(14)28-2/h3-11H,12,20H2,1-2H3,(H,22,23)/b21-11+. The number of ketones is 1. The first-order chi connectivity index (χ1) is 14.1. The van der Waals surface area contributed by atoms with E-state index in [1.54, 1.807) is 44.7 Å². The average Bonchev–Trinajstić information content (AvgIpc) is 3.11. The molecule has 29 heavy (non-hydrogen) atoms. The van der Waals surface area contributed by atoms with Gasteiger partial charge in [0.15, 0.2) is 5.78 Å². The minimum atomic E-state index is -0.0689. The number of thioether (sulfide) groups is 1. The number of nitrogens with zero attached hydrogens (tertiary/aromatic N) is 4. The van der Waals surface area contributed by atoms with Crippen LogP contribution in [-0.4, -0.2) is 46.8 Å². The zero-order valence-corrected chi connectivity index (χ0v) is 16.7. The number of hydrogen-bond acceptors (Lipinski definition) is 9. The molecule has 0 fully saturated rings. The number of methoxy groups -OCH3 is 2. The average molecular weight is 412 g/mol. The van der Waals surface area contributed by atoms with E-state index in [9.17, 15) is 4.79 Å². The minimum Gasteiger partial charge on any atom is -0.497 e. The molecule has 1 heterocycles. The van der Waals surface area contributed by atoms with E-state index in [0.29, 0.717) is 22.2 Å². The van der Waals surface area contributed by atoms with E-state index in [4.69, 9.17) is 15.3 Å². The Bertz CT molecular complexity index is 1020. The lowest BCUT2D eigenvalue weighted by Gasteiger charge is -2.05. The summed E-state index contributed by atoms with van der Waals surface area (Å²) in [6, 6.07) is 14.4. The molecule has 3 aromatic rings. The van der Waals surface area contributed by atoms with E-state index in [0.717, 1.165) is 5.56 Å². The van der Waals surface area contributed by atoms with Crippen LogP contribution in [0, 0.1) is 0 Å². The van der Waals surface area contributed by atoms with Gasteiger partial charge in [0.25, 0.3) is 5.95 Å². The van der Waals surface area contributed by atoms with Crippen LogP contribution in [0.5, 0.6) is 11.5 Å². The highest BCUT2D eigenvalue weighted by Crippen LogP contribution is 2.20. The predicted molar refractivity (Wildman–Crippen MR) is 112 cm³/mol. The van der Waals surface area contributed by atoms with Crippen molar-refractivity contribution in [2.75, 3.05) is 31.2 Å². The molecule has 10 heteroatoms. The van der Waals surface area contributed by atoms with Crippen LogP contribution in [0.4, 0.5) is 5.95 Å². The molecule has 0 saturated heterocycles. The summed E-state index contributed by atoms with van der Waals surface area (Å²) in [7, 11) is 3.15. The molecule has 0 aliphatic rings. The molecule has 2 aromatic carbocycles. The van der Waals surface area contributed by atoms with Crippen molar-refractivity contribution in [3.8, 4) is 11.5 Å². The van der Waals surface area contributed by atoms with Gasteiger partial charge in [-0.3, -0.25) is 4.79 Å². The van der Waals surface area contributed by atoms with Crippen LogP contribution < -0.4 is 20.7 Å². The maximum Gasteiger partial charge on any atom is 0.264 e. The first-order valence-electron chi connectivity index (χ1n) is 8.55. The van der Waals surface area contributed by atoms with Gasteiger partial charge in [0.2, 0.25) is 5.16 Å². The summed E-state index contributed by atoms with van der Waals surface area (Å²) in [4.78, 5) is 12.4. The number of nitrogens with two attached hydrogens (primary N) is 1. The maximum absolute atomic E-state index is 12.4. The van der Waals surface area contributed by atoms with Gasteiger partial charge < -0.3 is 15.3 Å². The molecule has 3 rings (SSSR count). The molecule has 3 N–H and O–H groups in total. The van der Waals surface area contributed by atoms with Crippen LogP contribution in [-0.2, 0) is 0 Å². The van der Waals surface area contributed by atoms with Gasteiger partial charge in [-0.2, -0.15) is 5.10 Å². The lowest BCUT2D eigenvalue weighted by Crippen LogP contribution is -2.14. The van der Waals surface area contributed by atoms with Crippen molar-refractivity contribution in [2.45, 2.75) is 5.16 Å². The van der Waals surface area contributed by atoms with Crippen molar-refractivity contribution < 1.29 is 14.3 Å². The summed E-state index contributed by atoms with van der Waals surface area (Å²) in [6.45, 7) is 0. The summed E-state index contributed by atoms with van der Waals surface area (Å²) in [5.41, 5.74) is 4.08. The fourth-order valence-corrected chi connectivity index (χ4v) is 3.15. The van der Waals surface area contributed by atoms with Crippen molar-refractivity contribution in [1.82, 2.24) is 14.9 Å². The number of nitrogens with one attached hydrogen (secondary N) is 1. The van der Waals surface area contributed by atoms with E-state index < -0.39 is 0 Å². The van der Waals surface area contributed by atoms with Crippen LogP contribution in [0.25, 0.3) is 0 Å². The number of para-hydroxylation sites is 1. The summed E-state index contributed by atoms with van der Waals surface area (Å²) in [5, 5.41) is 12.4. The predicted octanol–water partition coefficient (Wildman–Crippen LogP) is 2.43. The number of rotatable bonds is 9. The lowest BCUT2D eigenvalue weighted by molar-refractivity contribution is 0.102. The third kappa shape index (κ3) is 5.05. The molecular formula is C19H20N6O3S. The third-order valence-electron chi connectivity index (χ3n) is 3.90. The number of carbonyl (C=O) groups excluding carboxylic acids is 1. The van der Waals surface area contributed by atoms with Crippen LogP contribution >= 0.6 is 11.8 Å². The number of ether oxygens (including phenoxy) is 2. The molecule has 0 atom stereocenters. The monoisotopic (exact) mass is 412 g/mol. The first kappa shape index (κ1) is 20.2. The number of hydrogen-bond donors (Lipinski definition) is 2. The number of nitrogen functional groups attached to an aromatic ring is 1. The Balaban J connectivity index is 1.60. The maximum atomic E-state index is 12.4. The molecular weight excluding hydrogens is 392 g/mol. The molecule has 1 aromatic heterocycles. The van der Waals surface area contributed by atoms with Crippen LogP contribution in [0.2, 0.25) is 0 Å². The van der Waals surface area contributed by atoms with E-state index in [-0.39, 0.29) is 17.5 Å². The molecule has 0 radical (unpaired) electrons. The van der Waals surface area contributed by atoms with E-state index in [1.807, 2.05) is 24.3 Å². The zero-order chi connectivity index (χ0) is 20.6. The Morgan fingerprint density at radius 2 is 2.03 bits per heavy atom. The van der Waals surface area contributed by atoms with E-state index >= 15 is 0 Å². The number of anilines is 1. The number of Topliss-reactive ketones (excluding diaryl/α,β-unsaturated/α-hetero) is 1. The molecule has 0 aliphatic carbocycles. The van der Waals surface area contributed by atoms with Gasteiger partial charge in [0.05, 0.1) is 26.2 Å². The van der Waals surface area contributed by atoms with Gasteiger partial charge in [0, 0.05) is 11.1 Å². The van der Waals surface area contributed by atoms with Gasteiger partial charge in [-0.1, -0.05) is 36.0 Å². The van der Waals surface area contributed by atoms with Crippen molar-refractivity contribution >= 4 is 29.7 Å². The number of benzene rings is 2.